The van der Waals surface area contributed by atoms with E-state index in [1.54, 1.807) is 18.2 Å². The number of nitrogens with one attached hydrogen (secondary N) is 1. The van der Waals surface area contributed by atoms with Crippen LogP contribution in [0.2, 0.25) is 0 Å². The molecule has 4 N–H and O–H groups in total. The lowest BCUT2D eigenvalue weighted by atomic mass is 10.0. The summed E-state index contributed by atoms with van der Waals surface area (Å²) in [4.78, 5) is 11.4. The molecule has 2 aromatic carbocycles. The molecule has 0 heterocycles. The van der Waals surface area contributed by atoms with Gasteiger partial charge in [0.05, 0.1) is 6.04 Å². The number of primary amides is 1. The lowest BCUT2D eigenvalue weighted by Crippen LogP contribution is -2.15. The minimum atomic E-state index is -0.443. The van der Waals surface area contributed by atoms with Crippen LogP contribution < -0.4 is 11.1 Å². The van der Waals surface area contributed by atoms with Gasteiger partial charge < -0.3 is 16.2 Å². The second-order valence-electron chi connectivity index (χ2n) is 5.27. The van der Waals surface area contributed by atoms with Crippen molar-refractivity contribution in [3.8, 4) is 5.75 Å². The maximum absolute atomic E-state index is 11.4. The molecule has 4 heteroatoms. The largest absolute Gasteiger partial charge is 0.508 e. The van der Waals surface area contributed by atoms with Gasteiger partial charge in [-0.15, -0.1) is 0 Å². The van der Waals surface area contributed by atoms with Crippen molar-refractivity contribution in [3.63, 3.8) is 0 Å². The van der Waals surface area contributed by atoms with Gasteiger partial charge in [0.15, 0.2) is 0 Å². The fraction of sp³-hybridized carbons (Fsp3) is 0.235. The summed E-state index contributed by atoms with van der Waals surface area (Å²) in [5.74, 6) is -0.180. The third-order valence-electron chi connectivity index (χ3n) is 3.62. The quantitative estimate of drug-likeness (QED) is 0.806. The van der Waals surface area contributed by atoms with Crippen LogP contribution in [0.1, 0.15) is 40.0 Å². The molecule has 0 aliphatic rings. The Morgan fingerprint density at radius 3 is 2.57 bits per heavy atom. The summed E-state index contributed by atoms with van der Waals surface area (Å²) in [6.45, 7) is 5.74. The van der Waals surface area contributed by atoms with Crippen molar-refractivity contribution in [1.29, 1.82) is 0 Å². The van der Waals surface area contributed by atoms with Crippen molar-refractivity contribution in [2.75, 3.05) is 5.32 Å². The van der Waals surface area contributed by atoms with Crippen LogP contribution in [-0.4, -0.2) is 11.0 Å². The number of phenolic OH excluding ortho intramolecular Hbond substituents is 1. The lowest BCUT2D eigenvalue weighted by Gasteiger charge is -2.19. The van der Waals surface area contributed by atoms with Crippen molar-refractivity contribution in [1.82, 2.24) is 0 Å². The number of nitrogens with two attached hydrogens (primary N) is 1. The first-order chi connectivity index (χ1) is 9.90. The summed E-state index contributed by atoms with van der Waals surface area (Å²) in [5.41, 5.74) is 9.32. The summed E-state index contributed by atoms with van der Waals surface area (Å²) in [7, 11) is 0. The molecular weight excluding hydrogens is 264 g/mol. The second kappa shape index (κ2) is 5.87. The Labute approximate surface area is 124 Å². The molecule has 0 spiro atoms. The van der Waals surface area contributed by atoms with E-state index < -0.39 is 5.91 Å². The first kappa shape index (κ1) is 14.9. The fourth-order valence-corrected chi connectivity index (χ4v) is 2.39. The number of amides is 1. The van der Waals surface area contributed by atoms with Crippen molar-refractivity contribution in [2.24, 2.45) is 5.73 Å². The third-order valence-corrected chi connectivity index (χ3v) is 3.62. The van der Waals surface area contributed by atoms with Crippen molar-refractivity contribution >= 4 is 11.6 Å². The van der Waals surface area contributed by atoms with Gasteiger partial charge in [-0.1, -0.05) is 18.2 Å². The monoisotopic (exact) mass is 284 g/mol. The second-order valence-corrected chi connectivity index (χ2v) is 5.27. The van der Waals surface area contributed by atoms with Crippen molar-refractivity contribution < 1.29 is 9.90 Å². The first-order valence-electron chi connectivity index (χ1n) is 6.85. The van der Waals surface area contributed by atoms with E-state index in [2.05, 4.69) is 5.32 Å². The number of aryl methyl sites for hydroxylation is 1. The highest BCUT2D eigenvalue weighted by atomic mass is 16.3. The molecule has 110 valence electrons. The maximum Gasteiger partial charge on any atom is 0.249 e. The zero-order chi connectivity index (χ0) is 15.6. The zero-order valence-corrected chi connectivity index (χ0v) is 12.5. The van der Waals surface area contributed by atoms with Crippen LogP contribution in [0.3, 0.4) is 0 Å². The Morgan fingerprint density at radius 1 is 1.24 bits per heavy atom. The third kappa shape index (κ3) is 3.16. The molecule has 4 nitrogen and oxygen atoms in total. The van der Waals surface area contributed by atoms with E-state index in [0.29, 0.717) is 5.56 Å². The molecule has 2 rings (SSSR count). The van der Waals surface area contributed by atoms with E-state index in [9.17, 15) is 9.90 Å². The number of rotatable bonds is 4. The molecule has 2 aromatic rings. The van der Waals surface area contributed by atoms with Crippen LogP contribution in [0.4, 0.5) is 5.69 Å². The van der Waals surface area contributed by atoms with Crippen LogP contribution in [0.25, 0.3) is 0 Å². The molecule has 1 atom stereocenters. The number of carbonyl (C=O) groups excluding carboxylic acids is 1. The molecule has 0 aromatic heterocycles. The van der Waals surface area contributed by atoms with E-state index in [1.807, 2.05) is 39.0 Å². The Balaban J connectivity index is 2.29. The zero-order valence-electron chi connectivity index (χ0n) is 12.5. The number of anilines is 1. The van der Waals surface area contributed by atoms with Gasteiger partial charge in [0.25, 0.3) is 0 Å². The normalized spacial score (nSPS) is 12.0. The van der Waals surface area contributed by atoms with Gasteiger partial charge >= 0.3 is 0 Å². The Hall–Kier alpha value is -2.49. The van der Waals surface area contributed by atoms with Crippen molar-refractivity contribution in [3.05, 3.63) is 58.7 Å². The number of carbonyl (C=O) groups is 1. The molecule has 0 bridgehead atoms. The molecule has 0 radical (unpaired) electrons. The van der Waals surface area contributed by atoms with Crippen LogP contribution in [0.15, 0.2) is 36.4 Å². The van der Waals surface area contributed by atoms with E-state index in [1.165, 1.54) is 0 Å². The molecule has 0 saturated carbocycles. The van der Waals surface area contributed by atoms with Gasteiger partial charge in [-0.3, -0.25) is 4.79 Å². The standard InChI is InChI=1S/C17H20N2O2/c1-10-7-8-14(16(20)9-10)12(3)19-15-6-4-5-13(11(15)2)17(18)21/h4-9,12,19-20H,1-3H3,(H2,18,21). The van der Waals surface area contributed by atoms with Crippen LogP contribution >= 0.6 is 0 Å². The molecule has 1 amide bonds. The topological polar surface area (TPSA) is 75.3 Å². The van der Waals surface area contributed by atoms with Crippen LogP contribution in [-0.2, 0) is 0 Å². The Bertz CT molecular complexity index is 680. The van der Waals surface area contributed by atoms with Crippen LogP contribution in [0, 0.1) is 13.8 Å². The molecule has 0 saturated heterocycles. The molecule has 0 aliphatic carbocycles. The smallest absolute Gasteiger partial charge is 0.249 e. The summed E-state index contributed by atoms with van der Waals surface area (Å²) in [6.07, 6.45) is 0. The van der Waals surface area contributed by atoms with Crippen LogP contribution in [0.5, 0.6) is 5.75 Å². The van der Waals surface area contributed by atoms with Gasteiger partial charge in [-0.25, -0.2) is 0 Å². The van der Waals surface area contributed by atoms with E-state index in [4.69, 9.17) is 5.73 Å². The predicted octanol–water partition coefficient (Wildman–Crippen LogP) is 3.28. The lowest BCUT2D eigenvalue weighted by molar-refractivity contribution is 0.0999. The molecule has 21 heavy (non-hydrogen) atoms. The Kier molecular flexibility index (Phi) is 4.17. The molecule has 0 aliphatic heterocycles. The number of benzene rings is 2. The average molecular weight is 284 g/mol. The summed E-state index contributed by atoms with van der Waals surface area (Å²) in [5, 5.41) is 13.4. The van der Waals surface area contributed by atoms with E-state index in [-0.39, 0.29) is 11.8 Å². The highest BCUT2D eigenvalue weighted by molar-refractivity contribution is 5.95. The SMILES string of the molecule is Cc1ccc(C(C)Nc2cccc(C(N)=O)c2C)c(O)c1. The number of hydrogen-bond acceptors (Lipinski definition) is 3. The van der Waals surface area contributed by atoms with Gasteiger partial charge in [0.1, 0.15) is 5.75 Å². The molecular formula is C17H20N2O2. The predicted molar refractivity (Wildman–Crippen MR) is 84.6 cm³/mol. The Morgan fingerprint density at radius 2 is 1.95 bits per heavy atom. The number of aromatic hydroxyl groups is 1. The van der Waals surface area contributed by atoms with Gasteiger partial charge in [0.2, 0.25) is 5.91 Å². The number of phenols is 1. The maximum atomic E-state index is 11.4. The molecule has 0 fully saturated rings. The average Bonchev–Trinajstić information content (AvgIpc) is 2.40. The van der Waals surface area contributed by atoms with Crippen molar-refractivity contribution in [2.45, 2.75) is 26.8 Å². The summed E-state index contributed by atoms with van der Waals surface area (Å²) < 4.78 is 0. The highest BCUT2D eigenvalue weighted by Gasteiger charge is 2.13. The highest BCUT2D eigenvalue weighted by Crippen LogP contribution is 2.29. The van der Waals surface area contributed by atoms with Gasteiger partial charge in [0, 0.05) is 16.8 Å². The van der Waals surface area contributed by atoms with Gasteiger partial charge in [-0.2, -0.15) is 0 Å². The molecule has 1 unspecified atom stereocenters. The minimum absolute atomic E-state index is 0.0903. The van der Waals surface area contributed by atoms with E-state index >= 15 is 0 Å². The van der Waals surface area contributed by atoms with Gasteiger partial charge in [-0.05, 0) is 50.1 Å². The summed E-state index contributed by atoms with van der Waals surface area (Å²) >= 11 is 0. The minimum Gasteiger partial charge on any atom is -0.508 e. The summed E-state index contributed by atoms with van der Waals surface area (Å²) in [6, 6.07) is 10.9. The fourth-order valence-electron chi connectivity index (χ4n) is 2.39. The van der Waals surface area contributed by atoms with E-state index in [0.717, 1.165) is 22.4 Å². The number of hydrogen-bond donors (Lipinski definition) is 3. The first-order valence-corrected chi connectivity index (χ1v) is 6.85.